The van der Waals surface area contributed by atoms with Gasteiger partial charge in [0, 0.05) is 18.3 Å². The summed E-state index contributed by atoms with van der Waals surface area (Å²) in [5.41, 5.74) is 9.72. The first-order valence-electron chi connectivity index (χ1n) is 7.07. The minimum atomic E-state index is -0.618. The fourth-order valence-electron chi connectivity index (χ4n) is 2.29. The third kappa shape index (κ3) is 4.70. The van der Waals surface area contributed by atoms with E-state index in [0.717, 1.165) is 22.3 Å². The number of nitrogens with one attached hydrogen (secondary N) is 3. The van der Waals surface area contributed by atoms with Crippen LogP contribution in [0, 0.1) is 6.92 Å². The first-order chi connectivity index (χ1) is 10.6. The zero-order valence-corrected chi connectivity index (χ0v) is 14.7. The molecule has 7 nitrogen and oxygen atoms in total. The van der Waals surface area contributed by atoms with E-state index in [1.54, 1.807) is 12.5 Å². The quantitative estimate of drug-likeness (QED) is 0.546. The second kappa shape index (κ2) is 8.68. The molecule has 5 N–H and O–H groups in total. The number of imidazole rings is 2. The largest absolute Gasteiger partial charge is 0.348 e. The van der Waals surface area contributed by atoms with Gasteiger partial charge in [-0.3, -0.25) is 4.79 Å². The van der Waals surface area contributed by atoms with Crippen molar-refractivity contribution in [1.29, 1.82) is 0 Å². The number of carbonyl (C=O) groups is 1. The van der Waals surface area contributed by atoms with E-state index in [4.69, 9.17) is 5.73 Å². The molecule has 0 aliphatic rings. The van der Waals surface area contributed by atoms with Gasteiger partial charge in [0.2, 0.25) is 5.91 Å². The van der Waals surface area contributed by atoms with E-state index in [2.05, 4.69) is 25.3 Å². The van der Waals surface area contributed by atoms with Crippen LogP contribution in [0.25, 0.3) is 11.0 Å². The molecule has 0 saturated heterocycles. The van der Waals surface area contributed by atoms with Crippen molar-refractivity contribution in [3.63, 3.8) is 0 Å². The molecular formula is C15H20Cl2N6O. The number of H-pyrrole nitrogens is 2. The first-order valence-corrected chi connectivity index (χ1v) is 7.07. The number of rotatable bonds is 5. The monoisotopic (exact) mass is 370 g/mol. The smallest absolute Gasteiger partial charge is 0.237 e. The van der Waals surface area contributed by atoms with Crippen LogP contribution in [0.1, 0.15) is 17.1 Å². The summed E-state index contributed by atoms with van der Waals surface area (Å²) < 4.78 is 0. The Hall–Kier alpha value is -2.09. The highest BCUT2D eigenvalue weighted by Gasteiger charge is 2.15. The fourth-order valence-corrected chi connectivity index (χ4v) is 2.29. The number of hydrogen-bond acceptors (Lipinski definition) is 4. The number of carbonyl (C=O) groups excluding carboxylic acids is 1. The number of fused-ring (bicyclic) bond motifs is 1. The van der Waals surface area contributed by atoms with E-state index in [1.165, 1.54) is 0 Å². The summed E-state index contributed by atoms with van der Waals surface area (Å²) in [4.78, 5) is 26.5. The summed E-state index contributed by atoms with van der Waals surface area (Å²) in [5, 5.41) is 2.79. The van der Waals surface area contributed by atoms with Crippen LogP contribution in [0.3, 0.4) is 0 Å². The van der Waals surface area contributed by atoms with Crippen LogP contribution in [0.15, 0.2) is 30.7 Å². The van der Waals surface area contributed by atoms with Gasteiger partial charge in [0.1, 0.15) is 5.82 Å². The van der Waals surface area contributed by atoms with Crippen LogP contribution in [-0.4, -0.2) is 31.9 Å². The molecule has 9 heteroatoms. The van der Waals surface area contributed by atoms with Crippen molar-refractivity contribution in [2.75, 3.05) is 0 Å². The van der Waals surface area contributed by atoms with Crippen molar-refractivity contribution in [1.82, 2.24) is 25.3 Å². The predicted octanol–water partition coefficient (Wildman–Crippen LogP) is 1.62. The number of nitrogens with zero attached hydrogens (tertiary/aromatic N) is 2. The van der Waals surface area contributed by atoms with Crippen LogP contribution in [-0.2, 0) is 17.8 Å². The molecule has 0 bridgehead atoms. The highest BCUT2D eigenvalue weighted by atomic mass is 35.5. The van der Waals surface area contributed by atoms with Gasteiger partial charge in [0.05, 0.1) is 29.9 Å². The lowest BCUT2D eigenvalue weighted by Gasteiger charge is -2.10. The van der Waals surface area contributed by atoms with Gasteiger partial charge in [-0.1, -0.05) is 6.07 Å². The highest BCUT2D eigenvalue weighted by molar-refractivity contribution is 5.85. The topological polar surface area (TPSA) is 112 Å². The van der Waals surface area contributed by atoms with E-state index < -0.39 is 6.04 Å². The molecule has 0 aliphatic heterocycles. The van der Waals surface area contributed by atoms with Gasteiger partial charge in [-0.2, -0.15) is 0 Å². The second-order valence-corrected chi connectivity index (χ2v) is 5.31. The lowest BCUT2D eigenvalue weighted by molar-refractivity contribution is -0.122. The van der Waals surface area contributed by atoms with Crippen molar-refractivity contribution in [2.45, 2.75) is 25.9 Å². The molecule has 0 unspecified atom stereocenters. The van der Waals surface area contributed by atoms with Gasteiger partial charge in [-0.25, -0.2) is 9.97 Å². The Morgan fingerprint density at radius 2 is 2.17 bits per heavy atom. The minimum Gasteiger partial charge on any atom is -0.348 e. The molecule has 0 saturated carbocycles. The Morgan fingerprint density at radius 1 is 1.38 bits per heavy atom. The van der Waals surface area contributed by atoms with Crippen molar-refractivity contribution in [3.05, 3.63) is 47.8 Å². The molecule has 1 amide bonds. The van der Waals surface area contributed by atoms with Crippen LogP contribution in [0.2, 0.25) is 0 Å². The molecule has 24 heavy (non-hydrogen) atoms. The van der Waals surface area contributed by atoms with Crippen LogP contribution < -0.4 is 11.1 Å². The summed E-state index contributed by atoms with van der Waals surface area (Å²) in [6.07, 6.45) is 3.65. The molecule has 2 heterocycles. The molecule has 0 radical (unpaired) electrons. The summed E-state index contributed by atoms with van der Waals surface area (Å²) in [5.74, 6) is 0.494. The maximum absolute atomic E-state index is 12.0. The molecule has 2 aromatic heterocycles. The molecule has 0 spiro atoms. The lowest BCUT2D eigenvalue weighted by Crippen LogP contribution is -2.41. The molecule has 1 atom stereocenters. The Balaban J connectivity index is 0.00000144. The number of amides is 1. The molecular weight excluding hydrogens is 351 g/mol. The third-order valence-corrected chi connectivity index (χ3v) is 3.45. The predicted molar refractivity (Wildman–Crippen MR) is 97.4 cm³/mol. The average Bonchev–Trinajstić information content (AvgIpc) is 3.13. The number of benzene rings is 1. The Bertz CT molecular complexity index is 786. The fraction of sp³-hybridized carbons (Fsp3) is 0.267. The first kappa shape index (κ1) is 20.0. The zero-order valence-electron chi connectivity index (χ0n) is 13.1. The van der Waals surface area contributed by atoms with Gasteiger partial charge in [0.25, 0.3) is 0 Å². The number of aromatic nitrogens is 4. The molecule has 3 aromatic rings. The van der Waals surface area contributed by atoms with E-state index in [1.807, 2.05) is 25.1 Å². The standard InChI is InChI=1S/C15H18N6O.2ClH/c1-9-2-3-12-13(4-9)21-14(20-12)7-18-15(22)11(16)5-10-6-17-8-19-10;;/h2-4,6,8,11H,5,7,16H2,1H3,(H,17,19)(H,18,22)(H,20,21);2*1H/t11-;;/m0../s1. The zero-order chi connectivity index (χ0) is 15.5. The van der Waals surface area contributed by atoms with Crippen LogP contribution in [0.5, 0.6) is 0 Å². The van der Waals surface area contributed by atoms with E-state index in [0.29, 0.717) is 18.8 Å². The van der Waals surface area contributed by atoms with Gasteiger partial charge >= 0.3 is 0 Å². The van der Waals surface area contributed by atoms with Crippen molar-refractivity contribution < 1.29 is 4.79 Å². The van der Waals surface area contributed by atoms with Crippen molar-refractivity contribution >= 4 is 41.8 Å². The van der Waals surface area contributed by atoms with Crippen molar-refractivity contribution in [2.24, 2.45) is 5.73 Å². The number of aromatic amines is 2. The number of hydrogen-bond donors (Lipinski definition) is 4. The summed E-state index contributed by atoms with van der Waals surface area (Å²) >= 11 is 0. The third-order valence-electron chi connectivity index (χ3n) is 3.45. The Morgan fingerprint density at radius 3 is 2.88 bits per heavy atom. The SMILES string of the molecule is Cc1ccc2nc(CNC(=O)[C@@H](N)Cc3cnc[nH]3)[nH]c2c1.Cl.Cl. The maximum Gasteiger partial charge on any atom is 0.237 e. The van der Waals surface area contributed by atoms with E-state index in [9.17, 15) is 4.79 Å². The summed E-state index contributed by atoms with van der Waals surface area (Å²) in [6, 6.07) is 5.37. The number of nitrogens with two attached hydrogens (primary N) is 1. The minimum absolute atomic E-state index is 0. The van der Waals surface area contributed by atoms with Crippen molar-refractivity contribution in [3.8, 4) is 0 Å². The van der Waals surface area contributed by atoms with Gasteiger partial charge in [-0.15, -0.1) is 24.8 Å². The van der Waals surface area contributed by atoms with E-state index in [-0.39, 0.29) is 30.7 Å². The maximum atomic E-state index is 12.0. The number of aryl methyl sites for hydroxylation is 1. The van der Waals surface area contributed by atoms with Crippen LogP contribution >= 0.6 is 24.8 Å². The summed E-state index contributed by atoms with van der Waals surface area (Å²) in [6.45, 7) is 2.35. The molecule has 130 valence electrons. The lowest BCUT2D eigenvalue weighted by atomic mass is 10.1. The van der Waals surface area contributed by atoms with Crippen LogP contribution in [0.4, 0.5) is 0 Å². The van der Waals surface area contributed by atoms with E-state index >= 15 is 0 Å². The molecule has 0 fully saturated rings. The second-order valence-electron chi connectivity index (χ2n) is 5.31. The Labute approximate surface area is 151 Å². The van der Waals surface area contributed by atoms with Gasteiger partial charge < -0.3 is 21.0 Å². The Kier molecular flexibility index (Phi) is 7.21. The molecule has 0 aliphatic carbocycles. The van der Waals surface area contributed by atoms with Gasteiger partial charge in [-0.05, 0) is 24.6 Å². The average molecular weight is 371 g/mol. The normalized spacial score (nSPS) is 11.4. The summed E-state index contributed by atoms with van der Waals surface area (Å²) in [7, 11) is 0. The molecule has 1 aromatic carbocycles. The van der Waals surface area contributed by atoms with Gasteiger partial charge in [0.15, 0.2) is 0 Å². The highest BCUT2D eigenvalue weighted by Crippen LogP contribution is 2.13. The molecule has 3 rings (SSSR count). The number of halogens is 2.